The monoisotopic (exact) mass is 171 g/mol. The van der Waals surface area contributed by atoms with Gasteiger partial charge >= 0.3 is 0 Å². The van der Waals surface area contributed by atoms with E-state index in [-0.39, 0.29) is 0 Å². The van der Waals surface area contributed by atoms with E-state index in [2.05, 4.69) is 48.6 Å². The van der Waals surface area contributed by atoms with Crippen molar-refractivity contribution in [3.8, 4) is 0 Å². The summed E-state index contributed by atoms with van der Waals surface area (Å²) in [7, 11) is 0. The Hall–Kier alpha value is -1.30. The molecule has 1 aliphatic rings. The van der Waals surface area contributed by atoms with Gasteiger partial charge in [0, 0.05) is 0 Å². The number of rotatable bonds is 0. The van der Waals surface area contributed by atoms with Crippen LogP contribution in [0.1, 0.15) is 19.3 Å². The van der Waals surface area contributed by atoms with Crippen LogP contribution in [0.5, 0.6) is 0 Å². The van der Waals surface area contributed by atoms with Crippen LogP contribution >= 0.6 is 0 Å². The van der Waals surface area contributed by atoms with Crippen LogP contribution in [-0.4, -0.2) is 0 Å². The van der Waals surface area contributed by atoms with Crippen molar-refractivity contribution in [3.05, 3.63) is 60.8 Å². The first-order chi connectivity index (χ1) is 6.50. The minimum atomic E-state index is 0.908. The van der Waals surface area contributed by atoms with E-state index in [1.165, 1.54) is 0 Å². The first-order valence-corrected chi connectivity index (χ1v) is 4.68. The Morgan fingerprint density at radius 2 is 1.38 bits per heavy atom. The zero-order chi connectivity index (χ0) is 9.19. The summed E-state index contributed by atoms with van der Waals surface area (Å²) in [4.78, 5) is 0. The Morgan fingerprint density at radius 3 is 2.23 bits per heavy atom. The molecule has 0 nitrogen and oxygen atoms in total. The lowest BCUT2D eigenvalue weighted by Crippen LogP contribution is -1.60. The normalized spacial score (nSPS) is 30.2. The van der Waals surface area contributed by atoms with Gasteiger partial charge in [-0.1, -0.05) is 54.7 Å². The molecule has 1 radical (unpaired) electrons. The Labute approximate surface area is 80.7 Å². The zero-order valence-corrected chi connectivity index (χ0v) is 7.82. The summed E-state index contributed by atoms with van der Waals surface area (Å²) in [6, 6.07) is 0. The van der Waals surface area contributed by atoms with Gasteiger partial charge in [-0.05, 0) is 25.3 Å². The van der Waals surface area contributed by atoms with Crippen molar-refractivity contribution >= 4 is 0 Å². The lowest BCUT2D eigenvalue weighted by molar-refractivity contribution is 1.28. The van der Waals surface area contributed by atoms with Gasteiger partial charge in [0.05, 0.1) is 0 Å². The molecule has 0 saturated heterocycles. The van der Waals surface area contributed by atoms with Crippen molar-refractivity contribution in [1.82, 2.24) is 0 Å². The number of allylic oxidation sites excluding steroid dienone is 10. The van der Waals surface area contributed by atoms with Gasteiger partial charge in [0.15, 0.2) is 0 Å². The van der Waals surface area contributed by atoms with Crippen molar-refractivity contribution < 1.29 is 0 Å². The fourth-order valence-corrected chi connectivity index (χ4v) is 1.00. The van der Waals surface area contributed by atoms with Gasteiger partial charge < -0.3 is 0 Å². The molecule has 13 heavy (non-hydrogen) atoms. The van der Waals surface area contributed by atoms with Crippen LogP contribution in [0.3, 0.4) is 0 Å². The lowest BCUT2D eigenvalue weighted by Gasteiger charge is -1.80. The molecule has 0 bridgehead atoms. The van der Waals surface area contributed by atoms with Gasteiger partial charge in [-0.3, -0.25) is 0 Å². The van der Waals surface area contributed by atoms with Crippen LogP contribution in [0, 0.1) is 6.08 Å². The molecule has 0 unspecified atom stereocenters. The summed E-state index contributed by atoms with van der Waals surface area (Å²) in [5.41, 5.74) is 0. The van der Waals surface area contributed by atoms with Crippen molar-refractivity contribution in [2.75, 3.05) is 0 Å². The van der Waals surface area contributed by atoms with Gasteiger partial charge in [-0.25, -0.2) is 0 Å². The topological polar surface area (TPSA) is 0 Å². The smallest absolute Gasteiger partial charge is 0.00945 e. The average molecular weight is 171 g/mol. The first kappa shape index (κ1) is 9.79. The van der Waals surface area contributed by atoms with E-state index in [4.69, 9.17) is 0 Å². The van der Waals surface area contributed by atoms with Crippen LogP contribution in [0.15, 0.2) is 54.7 Å². The maximum absolute atomic E-state index is 3.18. The molecule has 67 valence electrons. The second kappa shape index (κ2) is 7.35. The zero-order valence-electron chi connectivity index (χ0n) is 7.82. The Bertz CT molecular complexity index is 223. The molecular formula is C13H15. The SMILES string of the molecule is [C]1=C/C=C\C/C=C\C=C\C/C=C/C/1. The third-order valence-electron chi connectivity index (χ3n) is 1.68. The molecule has 1 aliphatic carbocycles. The van der Waals surface area contributed by atoms with E-state index in [9.17, 15) is 0 Å². The second-order valence-electron chi connectivity index (χ2n) is 2.80. The predicted octanol–water partition coefficient (Wildman–Crippen LogP) is 3.75. The molecule has 0 heteroatoms. The molecule has 0 fully saturated rings. The van der Waals surface area contributed by atoms with Crippen molar-refractivity contribution in [2.45, 2.75) is 19.3 Å². The fourth-order valence-electron chi connectivity index (χ4n) is 1.00. The Morgan fingerprint density at radius 1 is 0.692 bits per heavy atom. The highest BCUT2D eigenvalue weighted by molar-refractivity contribution is 5.09. The molecule has 0 heterocycles. The van der Waals surface area contributed by atoms with Crippen LogP contribution in [0.4, 0.5) is 0 Å². The molecule has 0 aliphatic heterocycles. The van der Waals surface area contributed by atoms with Crippen molar-refractivity contribution in [2.24, 2.45) is 0 Å². The highest BCUT2D eigenvalue weighted by Crippen LogP contribution is 1.94. The Balaban J connectivity index is 2.49. The predicted molar refractivity (Wildman–Crippen MR) is 58.2 cm³/mol. The van der Waals surface area contributed by atoms with E-state index in [0.29, 0.717) is 0 Å². The number of hydrogen-bond donors (Lipinski definition) is 0. The number of hydrogen-bond acceptors (Lipinski definition) is 0. The Kier molecular flexibility index (Phi) is 5.54. The standard InChI is InChI=1S/C13H15/c1-2-4-6-8-10-12-13-11-9-7-5-3-1/h1-4,7-11H,5-6,12H2/b3-1-,4-2+,9-7-,10-8+,13-11?. The molecule has 0 aromatic carbocycles. The third-order valence-corrected chi connectivity index (χ3v) is 1.68. The highest BCUT2D eigenvalue weighted by Gasteiger charge is 1.74. The largest absolute Gasteiger partial charge is 0.0844 e. The minimum absolute atomic E-state index is 0.908. The summed E-state index contributed by atoms with van der Waals surface area (Å²) >= 11 is 0. The van der Waals surface area contributed by atoms with E-state index < -0.39 is 0 Å². The molecule has 0 amide bonds. The second-order valence-corrected chi connectivity index (χ2v) is 2.80. The quantitative estimate of drug-likeness (QED) is 0.487. The first-order valence-electron chi connectivity index (χ1n) is 4.68. The third kappa shape index (κ3) is 5.92. The van der Waals surface area contributed by atoms with E-state index in [1.54, 1.807) is 0 Å². The molecule has 0 atom stereocenters. The molecule has 0 spiro atoms. The maximum atomic E-state index is 3.18. The highest BCUT2D eigenvalue weighted by atomic mass is 13.8. The molecule has 0 N–H and O–H groups in total. The lowest BCUT2D eigenvalue weighted by atomic mass is 10.3. The minimum Gasteiger partial charge on any atom is -0.0844 e. The molecule has 0 aromatic heterocycles. The molecular weight excluding hydrogens is 156 g/mol. The van der Waals surface area contributed by atoms with E-state index >= 15 is 0 Å². The van der Waals surface area contributed by atoms with Crippen LogP contribution < -0.4 is 0 Å². The van der Waals surface area contributed by atoms with E-state index in [0.717, 1.165) is 19.3 Å². The van der Waals surface area contributed by atoms with Crippen LogP contribution in [0.2, 0.25) is 0 Å². The fraction of sp³-hybridized carbons (Fsp3) is 0.231. The van der Waals surface area contributed by atoms with Gasteiger partial charge in [0.25, 0.3) is 0 Å². The molecule has 1 rings (SSSR count). The van der Waals surface area contributed by atoms with Crippen molar-refractivity contribution in [3.63, 3.8) is 0 Å². The maximum Gasteiger partial charge on any atom is -0.00945 e. The summed E-state index contributed by atoms with van der Waals surface area (Å²) in [6.07, 6.45) is 25.0. The summed E-state index contributed by atoms with van der Waals surface area (Å²) in [5, 5.41) is 0. The molecule has 0 saturated carbocycles. The van der Waals surface area contributed by atoms with Gasteiger partial charge in [-0.2, -0.15) is 0 Å². The average Bonchev–Trinajstić information content (AvgIpc) is 2.18. The van der Waals surface area contributed by atoms with Crippen LogP contribution in [-0.2, 0) is 0 Å². The van der Waals surface area contributed by atoms with Crippen LogP contribution in [0.25, 0.3) is 0 Å². The van der Waals surface area contributed by atoms with Gasteiger partial charge in [0.2, 0.25) is 0 Å². The summed E-state index contributed by atoms with van der Waals surface area (Å²) < 4.78 is 0. The van der Waals surface area contributed by atoms with E-state index in [1.807, 2.05) is 12.2 Å². The summed E-state index contributed by atoms with van der Waals surface area (Å²) in [5.74, 6) is 0. The van der Waals surface area contributed by atoms with Gasteiger partial charge in [0.1, 0.15) is 0 Å². The van der Waals surface area contributed by atoms with Crippen molar-refractivity contribution in [1.29, 1.82) is 0 Å². The summed E-state index contributed by atoms with van der Waals surface area (Å²) in [6.45, 7) is 0. The van der Waals surface area contributed by atoms with Gasteiger partial charge in [-0.15, -0.1) is 0 Å². The molecule has 0 aromatic rings.